The Hall–Kier alpha value is -7.62. The van der Waals surface area contributed by atoms with Crippen molar-refractivity contribution in [3.05, 3.63) is 256 Å². The lowest BCUT2D eigenvalue weighted by Gasteiger charge is -2.34. The average Bonchev–Trinajstić information content (AvgIpc) is 3.96. The van der Waals surface area contributed by atoms with Crippen LogP contribution in [-0.4, -0.2) is 18.8 Å². The number of hydrogen-bond acceptors (Lipinski definition) is 2. The van der Waals surface area contributed by atoms with Crippen molar-refractivity contribution in [1.82, 2.24) is 4.57 Å². The zero-order valence-corrected chi connectivity index (χ0v) is 37.4. The third kappa shape index (κ3) is 5.48. The van der Waals surface area contributed by atoms with E-state index in [-0.39, 0.29) is 5.41 Å². The second-order valence-corrected chi connectivity index (χ2v) is 18.7. The Bertz CT molecular complexity index is 3180. The first-order valence-electron chi connectivity index (χ1n) is 22.6. The van der Waals surface area contributed by atoms with E-state index in [0.717, 1.165) is 17.2 Å². The highest BCUT2D eigenvalue weighted by atomic mass is 16.5. The van der Waals surface area contributed by atoms with Gasteiger partial charge in [-0.25, -0.2) is 0 Å². The predicted octanol–water partition coefficient (Wildman–Crippen LogP) is 14.8. The van der Waals surface area contributed by atoms with E-state index in [9.17, 15) is 0 Å². The fourth-order valence-corrected chi connectivity index (χ4v) is 11.6. The summed E-state index contributed by atoms with van der Waals surface area (Å²) in [6, 6.07) is 77.0. The molecule has 2 aliphatic carbocycles. The number of methoxy groups -OCH3 is 2. The molecule has 9 aromatic carbocycles. The topological polar surface area (TPSA) is 23.4 Å². The predicted molar refractivity (Wildman–Crippen MR) is 267 cm³/mol. The van der Waals surface area contributed by atoms with Gasteiger partial charge < -0.3 is 14.0 Å². The SMILES string of the molecule is COc1ccc(C2(c3ccc4c(c3)c3cc(C5(c6ccc(OC)cc6)c6ccccc6-c6ccccc65)ccc3n4-c3ccc(C(C)(C)C)cc3)c3ccccc3-c3ccccc32)cc1. The molecule has 0 bridgehead atoms. The first-order chi connectivity index (χ1) is 31.8. The first-order valence-corrected chi connectivity index (χ1v) is 22.6. The van der Waals surface area contributed by atoms with Crippen LogP contribution in [0.2, 0.25) is 0 Å². The van der Waals surface area contributed by atoms with Gasteiger partial charge in [-0.3, -0.25) is 0 Å². The van der Waals surface area contributed by atoms with Crippen LogP contribution < -0.4 is 9.47 Å². The summed E-state index contributed by atoms with van der Waals surface area (Å²) in [4.78, 5) is 0. The number of benzene rings is 9. The summed E-state index contributed by atoms with van der Waals surface area (Å²) in [6.45, 7) is 6.84. The molecular weight excluding hydrogens is 791 g/mol. The Morgan fingerprint density at radius 3 is 1.05 bits per heavy atom. The smallest absolute Gasteiger partial charge is 0.118 e. The van der Waals surface area contributed by atoms with Gasteiger partial charge >= 0.3 is 0 Å². The van der Waals surface area contributed by atoms with Crippen LogP contribution in [-0.2, 0) is 16.2 Å². The van der Waals surface area contributed by atoms with Crippen LogP contribution in [0.15, 0.2) is 206 Å². The minimum Gasteiger partial charge on any atom is -0.497 e. The molecule has 0 N–H and O–H groups in total. The lowest BCUT2D eigenvalue weighted by atomic mass is 9.67. The van der Waals surface area contributed by atoms with Crippen molar-refractivity contribution < 1.29 is 9.47 Å². The summed E-state index contributed by atoms with van der Waals surface area (Å²) in [5.74, 6) is 1.68. The molecule has 0 fully saturated rings. The van der Waals surface area contributed by atoms with Crippen molar-refractivity contribution in [2.24, 2.45) is 0 Å². The fraction of sp³-hybridized carbons (Fsp3) is 0.129. The van der Waals surface area contributed by atoms with Crippen LogP contribution in [0.5, 0.6) is 11.5 Å². The maximum absolute atomic E-state index is 5.73. The normalized spacial score (nSPS) is 14.2. The Labute approximate surface area is 381 Å². The van der Waals surface area contributed by atoms with E-state index in [1.54, 1.807) is 14.2 Å². The van der Waals surface area contributed by atoms with Gasteiger partial charge in [0.1, 0.15) is 11.5 Å². The average molecular weight is 840 g/mol. The molecule has 0 atom stereocenters. The summed E-state index contributed by atoms with van der Waals surface area (Å²) in [5.41, 5.74) is 18.7. The molecule has 0 unspecified atom stereocenters. The molecule has 0 spiro atoms. The Balaban J connectivity index is 1.19. The molecule has 314 valence electrons. The minimum absolute atomic E-state index is 0.0381. The van der Waals surface area contributed by atoms with E-state index in [2.05, 4.69) is 232 Å². The lowest BCUT2D eigenvalue weighted by Crippen LogP contribution is -2.28. The van der Waals surface area contributed by atoms with Gasteiger partial charge in [-0.1, -0.05) is 166 Å². The molecule has 1 aromatic heterocycles. The molecule has 0 amide bonds. The lowest BCUT2D eigenvalue weighted by molar-refractivity contribution is 0.414. The minimum atomic E-state index is -0.582. The van der Waals surface area contributed by atoms with Crippen LogP contribution in [0.1, 0.15) is 70.8 Å². The maximum atomic E-state index is 5.73. The molecule has 3 heteroatoms. The van der Waals surface area contributed by atoms with Crippen molar-refractivity contribution in [3.8, 4) is 39.4 Å². The fourth-order valence-electron chi connectivity index (χ4n) is 11.6. The number of nitrogens with zero attached hydrogens (tertiary/aromatic N) is 1. The summed E-state index contributed by atoms with van der Waals surface area (Å²) in [5, 5.41) is 2.41. The van der Waals surface area contributed by atoms with Gasteiger partial charge in [0.05, 0.1) is 36.1 Å². The molecule has 0 saturated carbocycles. The molecule has 0 saturated heterocycles. The molecular formula is C62H49NO2. The zero-order chi connectivity index (χ0) is 44.1. The van der Waals surface area contributed by atoms with Crippen molar-refractivity contribution in [1.29, 1.82) is 0 Å². The molecule has 3 nitrogen and oxygen atoms in total. The Morgan fingerprint density at radius 2 is 0.708 bits per heavy atom. The van der Waals surface area contributed by atoms with Crippen LogP contribution in [0.3, 0.4) is 0 Å². The molecule has 12 rings (SSSR count). The molecule has 10 aromatic rings. The van der Waals surface area contributed by atoms with Gasteiger partial charge in [0.25, 0.3) is 0 Å². The monoisotopic (exact) mass is 839 g/mol. The van der Waals surface area contributed by atoms with Gasteiger partial charge in [-0.05, 0) is 138 Å². The first kappa shape index (κ1) is 39.0. The molecule has 65 heavy (non-hydrogen) atoms. The van der Waals surface area contributed by atoms with E-state index in [4.69, 9.17) is 9.47 Å². The van der Waals surface area contributed by atoms with E-state index in [1.807, 2.05) is 0 Å². The zero-order valence-electron chi connectivity index (χ0n) is 37.4. The second-order valence-electron chi connectivity index (χ2n) is 18.7. The van der Waals surface area contributed by atoms with Crippen LogP contribution in [0.4, 0.5) is 0 Å². The standard InChI is InChI=1S/C62H49NO2/c1-60(2,3)40-22-30-45(31-23-40)63-58-36-28-43(61(41-24-32-46(64-4)33-25-41)54-18-10-6-14-48(54)49-15-7-11-19-55(49)61)38-52(58)53-39-44(29-37-59(53)63)62(42-26-34-47(65-5)35-27-42)56-20-12-8-16-50(56)51-17-9-13-21-57(51)62/h6-39H,1-5H3. The number of rotatable bonds is 7. The van der Waals surface area contributed by atoms with Crippen molar-refractivity contribution in [2.75, 3.05) is 14.2 Å². The quantitative estimate of drug-likeness (QED) is 0.160. The molecule has 2 aliphatic rings. The van der Waals surface area contributed by atoms with E-state index < -0.39 is 10.8 Å². The van der Waals surface area contributed by atoms with Crippen LogP contribution in [0.25, 0.3) is 49.7 Å². The summed E-state index contributed by atoms with van der Waals surface area (Å²) in [6.07, 6.45) is 0. The third-order valence-electron chi connectivity index (χ3n) is 14.6. The van der Waals surface area contributed by atoms with Gasteiger partial charge in [0.15, 0.2) is 0 Å². The van der Waals surface area contributed by atoms with Gasteiger partial charge in [-0.15, -0.1) is 0 Å². The number of hydrogen-bond donors (Lipinski definition) is 0. The summed E-state index contributed by atoms with van der Waals surface area (Å²) >= 11 is 0. The highest BCUT2D eigenvalue weighted by molar-refractivity contribution is 6.10. The Morgan fingerprint density at radius 1 is 0.369 bits per heavy atom. The summed E-state index contributed by atoms with van der Waals surface area (Å²) in [7, 11) is 3.47. The van der Waals surface area contributed by atoms with Crippen molar-refractivity contribution in [2.45, 2.75) is 37.0 Å². The molecule has 0 radical (unpaired) electrons. The number of aromatic nitrogens is 1. The second kappa shape index (κ2) is 14.5. The number of ether oxygens (including phenoxy) is 2. The van der Waals surface area contributed by atoms with Crippen molar-refractivity contribution >= 4 is 21.8 Å². The Kier molecular flexibility index (Phi) is 8.67. The van der Waals surface area contributed by atoms with Crippen LogP contribution in [0, 0.1) is 0 Å². The molecule has 0 aliphatic heterocycles. The largest absolute Gasteiger partial charge is 0.497 e. The van der Waals surface area contributed by atoms with E-state index >= 15 is 0 Å². The molecule has 1 heterocycles. The van der Waals surface area contributed by atoms with Crippen LogP contribution >= 0.6 is 0 Å². The summed E-state index contributed by atoms with van der Waals surface area (Å²) < 4.78 is 13.9. The maximum Gasteiger partial charge on any atom is 0.118 e. The highest BCUT2D eigenvalue weighted by Gasteiger charge is 2.48. The number of fused-ring (bicyclic) bond motifs is 9. The van der Waals surface area contributed by atoms with Crippen molar-refractivity contribution in [3.63, 3.8) is 0 Å². The van der Waals surface area contributed by atoms with E-state index in [0.29, 0.717) is 0 Å². The van der Waals surface area contributed by atoms with Gasteiger partial charge in [0.2, 0.25) is 0 Å². The highest BCUT2D eigenvalue weighted by Crippen LogP contribution is 2.59. The third-order valence-corrected chi connectivity index (χ3v) is 14.6. The van der Waals surface area contributed by atoms with Gasteiger partial charge in [0, 0.05) is 16.5 Å². The van der Waals surface area contributed by atoms with E-state index in [1.165, 1.54) is 94.1 Å². The van der Waals surface area contributed by atoms with Gasteiger partial charge in [-0.2, -0.15) is 0 Å².